The lowest BCUT2D eigenvalue weighted by atomic mass is 9.88. The molecule has 0 bridgehead atoms. The van der Waals surface area contributed by atoms with E-state index in [2.05, 4.69) is 28.2 Å². The summed E-state index contributed by atoms with van der Waals surface area (Å²) in [4.78, 5) is 25.8. The summed E-state index contributed by atoms with van der Waals surface area (Å²) in [5.74, 6) is 0.324. The Bertz CT molecular complexity index is 883. The smallest absolute Gasteiger partial charge is 0.341 e. The topological polar surface area (TPSA) is 64.6 Å². The molecule has 5 nitrogen and oxygen atoms in total. The van der Waals surface area contributed by atoms with Crippen LogP contribution in [0.15, 0.2) is 22.7 Å². The Balaban J connectivity index is 1.74. The maximum Gasteiger partial charge on any atom is 0.341 e. The number of methoxy groups -OCH3 is 1. The van der Waals surface area contributed by atoms with E-state index in [1.54, 1.807) is 18.2 Å². The van der Waals surface area contributed by atoms with Crippen LogP contribution in [0.4, 0.5) is 5.00 Å². The number of benzene rings is 1. The standard InChI is InChI=1S/C19H19BrClNO4S/c1-10-3-5-12-15(7-10)27-18(17(12)19(24)25-2)22-16(23)9-26-14-6-4-11(21)8-13(14)20/h4,6,8,10H,3,5,7,9H2,1-2H3,(H,22,23). The number of carbonyl (C=O) groups excluding carboxylic acids is 2. The molecular weight excluding hydrogens is 454 g/mol. The van der Waals surface area contributed by atoms with E-state index in [0.29, 0.717) is 31.7 Å². The minimum atomic E-state index is -0.418. The molecular formula is C19H19BrClNO4S. The maximum absolute atomic E-state index is 12.4. The predicted octanol–water partition coefficient (Wildman–Crippen LogP) is 5.09. The summed E-state index contributed by atoms with van der Waals surface area (Å²) in [7, 11) is 1.35. The molecule has 1 heterocycles. The number of anilines is 1. The van der Waals surface area contributed by atoms with Gasteiger partial charge in [0.25, 0.3) is 5.91 Å². The van der Waals surface area contributed by atoms with E-state index in [0.717, 1.165) is 29.7 Å². The molecule has 1 aliphatic rings. The lowest BCUT2D eigenvalue weighted by Crippen LogP contribution is -2.21. The van der Waals surface area contributed by atoms with Crippen LogP contribution in [0.1, 0.15) is 34.1 Å². The van der Waals surface area contributed by atoms with Crippen LogP contribution in [0.25, 0.3) is 0 Å². The Kier molecular flexibility index (Phi) is 6.44. The highest BCUT2D eigenvalue weighted by Crippen LogP contribution is 2.40. The third-order valence-electron chi connectivity index (χ3n) is 4.41. The third-order valence-corrected chi connectivity index (χ3v) is 6.43. The Morgan fingerprint density at radius 2 is 2.19 bits per heavy atom. The van der Waals surface area contributed by atoms with Gasteiger partial charge in [0.2, 0.25) is 0 Å². The van der Waals surface area contributed by atoms with Gasteiger partial charge in [-0.05, 0) is 64.9 Å². The lowest BCUT2D eigenvalue weighted by Gasteiger charge is -2.18. The number of hydrogen-bond donors (Lipinski definition) is 1. The number of fused-ring (bicyclic) bond motifs is 1. The van der Waals surface area contributed by atoms with Gasteiger partial charge in [-0.3, -0.25) is 4.79 Å². The van der Waals surface area contributed by atoms with Crippen LogP contribution in [-0.2, 0) is 22.4 Å². The van der Waals surface area contributed by atoms with Gasteiger partial charge in [0.1, 0.15) is 10.8 Å². The molecule has 3 rings (SSSR count). The minimum Gasteiger partial charge on any atom is -0.483 e. The Morgan fingerprint density at radius 1 is 1.41 bits per heavy atom. The van der Waals surface area contributed by atoms with E-state index in [9.17, 15) is 9.59 Å². The first-order chi connectivity index (χ1) is 12.9. The lowest BCUT2D eigenvalue weighted by molar-refractivity contribution is -0.118. The third kappa shape index (κ3) is 4.65. The SMILES string of the molecule is COC(=O)c1c(NC(=O)COc2ccc(Cl)cc2Br)sc2c1CCC(C)C2. The van der Waals surface area contributed by atoms with E-state index in [4.69, 9.17) is 21.1 Å². The monoisotopic (exact) mass is 471 g/mol. The second-order valence-electron chi connectivity index (χ2n) is 6.46. The average Bonchev–Trinajstić information content (AvgIpc) is 2.97. The second-order valence-corrected chi connectivity index (χ2v) is 8.86. The largest absolute Gasteiger partial charge is 0.483 e. The number of halogens is 2. The van der Waals surface area contributed by atoms with E-state index in [1.165, 1.54) is 18.4 Å². The normalized spacial score (nSPS) is 15.8. The number of hydrogen-bond acceptors (Lipinski definition) is 5. The number of carbonyl (C=O) groups is 2. The highest BCUT2D eigenvalue weighted by Gasteiger charge is 2.28. The van der Waals surface area contributed by atoms with Crippen LogP contribution in [0, 0.1) is 5.92 Å². The summed E-state index contributed by atoms with van der Waals surface area (Å²) < 4.78 is 11.1. The second kappa shape index (κ2) is 8.63. The molecule has 1 unspecified atom stereocenters. The summed E-state index contributed by atoms with van der Waals surface area (Å²) >= 11 is 10.7. The zero-order chi connectivity index (χ0) is 19.6. The molecule has 27 heavy (non-hydrogen) atoms. The quantitative estimate of drug-likeness (QED) is 0.615. The average molecular weight is 473 g/mol. The Hall–Kier alpha value is -1.57. The van der Waals surface area contributed by atoms with Crippen molar-refractivity contribution in [2.75, 3.05) is 19.0 Å². The summed E-state index contributed by atoms with van der Waals surface area (Å²) in [6.45, 7) is 2.01. The van der Waals surface area contributed by atoms with Gasteiger partial charge in [-0.2, -0.15) is 0 Å². The summed E-state index contributed by atoms with van der Waals surface area (Å²) in [5, 5.41) is 3.91. The van der Waals surface area contributed by atoms with Gasteiger partial charge in [-0.25, -0.2) is 4.79 Å². The van der Waals surface area contributed by atoms with Crippen LogP contribution < -0.4 is 10.1 Å². The molecule has 1 aromatic carbocycles. The summed E-state index contributed by atoms with van der Waals surface area (Å²) in [6.07, 6.45) is 2.75. The Labute approximate surface area is 175 Å². The number of rotatable bonds is 5. The van der Waals surface area contributed by atoms with Crippen molar-refractivity contribution < 1.29 is 19.1 Å². The van der Waals surface area contributed by atoms with Crippen molar-refractivity contribution in [3.8, 4) is 5.75 Å². The van der Waals surface area contributed by atoms with Crippen LogP contribution in [0.3, 0.4) is 0 Å². The highest BCUT2D eigenvalue weighted by atomic mass is 79.9. The number of esters is 1. The first-order valence-corrected chi connectivity index (χ1v) is 10.5. The van der Waals surface area contributed by atoms with Crippen LogP contribution in [0.2, 0.25) is 5.02 Å². The Morgan fingerprint density at radius 3 is 2.89 bits per heavy atom. The number of thiophene rings is 1. The van der Waals surface area contributed by atoms with Crippen molar-refractivity contribution in [3.05, 3.63) is 43.7 Å². The summed E-state index contributed by atoms with van der Waals surface area (Å²) in [6, 6.07) is 5.06. The van der Waals surface area contributed by atoms with Crippen molar-refractivity contribution in [2.24, 2.45) is 5.92 Å². The van der Waals surface area contributed by atoms with Crippen LogP contribution >= 0.6 is 38.9 Å². The van der Waals surface area contributed by atoms with Crippen LogP contribution in [-0.4, -0.2) is 25.6 Å². The van der Waals surface area contributed by atoms with Gasteiger partial charge in [0.15, 0.2) is 6.61 Å². The fourth-order valence-corrected chi connectivity index (χ4v) is 5.27. The summed E-state index contributed by atoms with van der Waals surface area (Å²) in [5.41, 5.74) is 1.48. The van der Waals surface area contributed by atoms with Gasteiger partial charge in [-0.1, -0.05) is 18.5 Å². The number of nitrogens with one attached hydrogen (secondary N) is 1. The zero-order valence-electron chi connectivity index (χ0n) is 14.9. The molecule has 1 N–H and O–H groups in total. The molecule has 0 fully saturated rings. The molecule has 1 atom stereocenters. The van der Waals surface area contributed by atoms with Gasteiger partial charge in [0.05, 0.1) is 17.1 Å². The van der Waals surface area contributed by atoms with E-state index >= 15 is 0 Å². The van der Waals surface area contributed by atoms with Gasteiger partial charge in [0, 0.05) is 9.90 Å². The molecule has 8 heteroatoms. The highest BCUT2D eigenvalue weighted by molar-refractivity contribution is 9.10. The zero-order valence-corrected chi connectivity index (χ0v) is 18.1. The number of ether oxygens (including phenoxy) is 2. The van der Waals surface area contributed by atoms with Crippen molar-refractivity contribution in [2.45, 2.75) is 26.2 Å². The molecule has 0 saturated heterocycles. The van der Waals surface area contributed by atoms with Crippen molar-refractivity contribution >= 4 is 55.7 Å². The van der Waals surface area contributed by atoms with Crippen molar-refractivity contribution in [1.29, 1.82) is 0 Å². The first-order valence-electron chi connectivity index (χ1n) is 8.49. The molecule has 1 aliphatic carbocycles. The fraction of sp³-hybridized carbons (Fsp3) is 0.368. The van der Waals surface area contributed by atoms with Crippen LogP contribution in [0.5, 0.6) is 5.75 Å². The molecule has 0 saturated carbocycles. The molecule has 0 aliphatic heterocycles. The van der Waals surface area contributed by atoms with Gasteiger partial charge >= 0.3 is 5.97 Å². The maximum atomic E-state index is 12.4. The molecule has 1 aromatic heterocycles. The van der Waals surface area contributed by atoms with Crippen molar-refractivity contribution in [3.63, 3.8) is 0 Å². The molecule has 1 amide bonds. The van der Waals surface area contributed by atoms with Gasteiger partial charge < -0.3 is 14.8 Å². The molecule has 0 spiro atoms. The van der Waals surface area contributed by atoms with E-state index in [-0.39, 0.29) is 12.5 Å². The fourth-order valence-electron chi connectivity index (χ4n) is 3.06. The molecule has 0 radical (unpaired) electrons. The number of amides is 1. The first kappa shape index (κ1) is 20.2. The molecule has 144 valence electrons. The van der Waals surface area contributed by atoms with E-state index in [1.807, 2.05) is 0 Å². The van der Waals surface area contributed by atoms with Crippen molar-refractivity contribution in [1.82, 2.24) is 0 Å². The predicted molar refractivity (Wildman–Crippen MR) is 110 cm³/mol. The minimum absolute atomic E-state index is 0.181. The van der Waals surface area contributed by atoms with Gasteiger partial charge in [-0.15, -0.1) is 11.3 Å². The molecule has 2 aromatic rings. The van der Waals surface area contributed by atoms with E-state index < -0.39 is 5.97 Å².